The fourth-order valence-corrected chi connectivity index (χ4v) is 6.08. The number of fused-ring (bicyclic) bond motifs is 6. The molecule has 0 aromatic heterocycles. The van der Waals surface area contributed by atoms with Gasteiger partial charge in [-0.2, -0.15) is 0 Å². The molecule has 3 saturated heterocycles. The number of piperidine rings is 3. The topological polar surface area (TPSA) is 35.6 Å². The highest BCUT2D eigenvalue weighted by molar-refractivity contribution is 5.75. The lowest BCUT2D eigenvalue weighted by Gasteiger charge is -2.54. The van der Waals surface area contributed by atoms with Crippen LogP contribution in [0.25, 0.3) is 0 Å². The van der Waals surface area contributed by atoms with Gasteiger partial charge in [-0.3, -0.25) is 4.90 Å². The van der Waals surface area contributed by atoms with Gasteiger partial charge in [0.2, 0.25) is 0 Å². The molecule has 0 radical (unpaired) electrons. The highest BCUT2D eigenvalue weighted by atomic mass is 16.2. The van der Waals surface area contributed by atoms with Crippen molar-refractivity contribution in [2.45, 2.75) is 57.2 Å². The van der Waals surface area contributed by atoms with Crippen LogP contribution in [0.3, 0.4) is 0 Å². The second kappa shape index (κ2) is 7.31. The maximum atomic E-state index is 13.0. The molecule has 1 aliphatic carbocycles. The summed E-state index contributed by atoms with van der Waals surface area (Å²) in [6.45, 7) is 3.95. The fraction of sp³-hybridized carbons (Fsp3) is 0.609. The number of hydrogen-bond donors (Lipinski definition) is 1. The predicted molar refractivity (Wildman–Crippen MR) is 107 cm³/mol. The van der Waals surface area contributed by atoms with E-state index in [1.54, 1.807) is 5.57 Å². The molecular formula is C23H31N3O. The lowest BCUT2D eigenvalue weighted by molar-refractivity contribution is 0.00788. The number of urea groups is 1. The fourth-order valence-electron chi connectivity index (χ4n) is 6.08. The minimum atomic E-state index is 0.119. The number of likely N-dealkylation sites (tertiary alicyclic amines) is 1. The molecule has 4 aliphatic rings. The molecule has 3 fully saturated rings. The summed E-state index contributed by atoms with van der Waals surface area (Å²) in [5.74, 6) is 1.34. The normalized spacial score (nSPS) is 32.9. The Kier molecular flexibility index (Phi) is 4.68. The molecule has 3 aliphatic heterocycles. The Bertz CT molecular complexity index is 716. The van der Waals surface area contributed by atoms with Crippen LogP contribution in [0, 0.1) is 11.8 Å². The summed E-state index contributed by atoms with van der Waals surface area (Å²) in [5.41, 5.74) is 2.72. The van der Waals surface area contributed by atoms with Gasteiger partial charge in [0.25, 0.3) is 0 Å². The molecule has 1 aromatic rings. The maximum absolute atomic E-state index is 13.0. The van der Waals surface area contributed by atoms with E-state index in [0.29, 0.717) is 18.5 Å². The van der Waals surface area contributed by atoms with Crippen LogP contribution in [0.15, 0.2) is 42.0 Å². The van der Waals surface area contributed by atoms with Crippen LogP contribution >= 0.6 is 0 Å². The molecule has 1 N–H and O–H groups in total. The number of nitrogens with zero attached hydrogens (tertiary/aromatic N) is 2. The zero-order chi connectivity index (χ0) is 18.2. The van der Waals surface area contributed by atoms with E-state index in [-0.39, 0.29) is 6.03 Å². The van der Waals surface area contributed by atoms with E-state index in [2.05, 4.69) is 33.3 Å². The summed E-state index contributed by atoms with van der Waals surface area (Å²) in [6, 6.07) is 11.4. The number of benzene rings is 1. The standard InChI is InChI=1S/C23H31N3O/c27-23(24-15-17-7-2-1-3-8-17)26-12-6-9-18-13-19-14-20(22(18)26)16-25-11-5-4-10-21(19)25/h1-3,7-8,13,19-22H,4-6,9-12,14-16H2,(H,24,27)/t19-,20+,21+,22+/m0/s1. The first-order valence-electron chi connectivity index (χ1n) is 10.8. The average Bonchev–Trinajstić information content (AvgIpc) is 2.72. The van der Waals surface area contributed by atoms with E-state index in [9.17, 15) is 4.79 Å². The molecule has 27 heavy (non-hydrogen) atoms. The molecule has 4 atom stereocenters. The molecule has 2 bridgehead atoms. The number of hydrogen-bond acceptors (Lipinski definition) is 2. The van der Waals surface area contributed by atoms with Crippen molar-refractivity contribution in [3.8, 4) is 0 Å². The van der Waals surface area contributed by atoms with Crippen molar-refractivity contribution < 1.29 is 4.79 Å². The summed E-state index contributed by atoms with van der Waals surface area (Å²) in [6.07, 6.45) is 10.3. The van der Waals surface area contributed by atoms with Crippen molar-refractivity contribution >= 4 is 6.03 Å². The monoisotopic (exact) mass is 365 g/mol. The van der Waals surface area contributed by atoms with Gasteiger partial charge in [0.15, 0.2) is 0 Å². The van der Waals surface area contributed by atoms with Crippen molar-refractivity contribution in [3.05, 3.63) is 47.5 Å². The second-order valence-electron chi connectivity index (χ2n) is 8.85. The van der Waals surface area contributed by atoms with Gasteiger partial charge in [0.05, 0.1) is 6.04 Å². The molecule has 1 aromatic carbocycles. The quantitative estimate of drug-likeness (QED) is 0.810. The third-order valence-corrected chi connectivity index (χ3v) is 7.20. The zero-order valence-corrected chi connectivity index (χ0v) is 16.1. The van der Waals surface area contributed by atoms with Gasteiger partial charge in [0, 0.05) is 25.7 Å². The first-order valence-corrected chi connectivity index (χ1v) is 10.8. The first kappa shape index (κ1) is 17.3. The minimum absolute atomic E-state index is 0.119. The van der Waals surface area contributed by atoms with Crippen molar-refractivity contribution in [2.75, 3.05) is 19.6 Å². The summed E-state index contributed by atoms with van der Waals surface area (Å²) >= 11 is 0. The smallest absolute Gasteiger partial charge is 0.318 e. The van der Waals surface area contributed by atoms with Gasteiger partial charge in [-0.25, -0.2) is 4.79 Å². The number of carbonyl (C=O) groups excluding carboxylic acids is 1. The predicted octanol–water partition coefficient (Wildman–Crippen LogP) is 3.79. The average molecular weight is 366 g/mol. The van der Waals surface area contributed by atoms with Crippen LogP contribution < -0.4 is 5.32 Å². The van der Waals surface area contributed by atoms with Gasteiger partial charge in [0.1, 0.15) is 0 Å². The summed E-state index contributed by atoms with van der Waals surface area (Å²) in [4.78, 5) is 17.9. The second-order valence-corrected chi connectivity index (χ2v) is 8.85. The third kappa shape index (κ3) is 3.29. The van der Waals surface area contributed by atoms with E-state index < -0.39 is 0 Å². The summed E-state index contributed by atoms with van der Waals surface area (Å²) in [7, 11) is 0. The van der Waals surface area contributed by atoms with E-state index in [1.807, 2.05) is 18.2 Å². The molecule has 0 unspecified atom stereocenters. The Balaban J connectivity index is 1.33. The van der Waals surface area contributed by atoms with E-state index in [0.717, 1.165) is 30.5 Å². The van der Waals surface area contributed by atoms with Crippen LogP contribution in [0.1, 0.15) is 44.1 Å². The molecule has 144 valence electrons. The zero-order valence-electron chi connectivity index (χ0n) is 16.1. The van der Waals surface area contributed by atoms with Gasteiger partial charge in [-0.15, -0.1) is 0 Å². The van der Waals surface area contributed by atoms with Crippen LogP contribution in [-0.4, -0.2) is 47.5 Å². The van der Waals surface area contributed by atoms with Gasteiger partial charge in [-0.1, -0.05) is 48.4 Å². The number of carbonyl (C=O) groups is 1. The highest BCUT2D eigenvalue weighted by Gasteiger charge is 2.46. The minimum Gasteiger partial charge on any atom is -0.334 e. The van der Waals surface area contributed by atoms with Crippen molar-refractivity contribution in [1.29, 1.82) is 0 Å². The lowest BCUT2D eigenvalue weighted by Crippen LogP contribution is -2.61. The van der Waals surface area contributed by atoms with E-state index in [1.165, 1.54) is 45.2 Å². The maximum Gasteiger partial charge on any atom is 0.318 e. The molecule has 4 heteroatoms. The summed E-state index contributed by atoms with van der Waals surface area (Å²) < 4.78 is 0. The molecule has 2 amide bonds. The Morgan fingerprint density at radius 3 is 2.89 bits per heavy atom. The van der Waals surface area contributed by atoms with Crippen molar-refractivity contribution in [3.63, 3.8) is 0 Å². The van der Waals surface area contributed by atoms with Crippen molar-refractivity contribution in [2.24, 2.45) is 11.8 Å². The number of rotatable bonds is 2. The van der Waals surface area contributed by atoms with Gasteiger partial charge in [-0.05, 0) is 56.0 Å². The molecule has 0 saturated carbocycles. The van der Waals surface area contributed by atoms with Gasteiger partial charge >= 0.3 is 6.03 Å². The van der Waals surface area contributed by atoms with Crippen LogP contribution in [0.4, 0.5) is 4.79 Å². The molecule has 5 rings (SSSR count). The van der Waals surface area contributed by atoms with Crippen LogP contribution in [-0.2, 0) is 6.54 Å². The number of amides is 2. The number of nitrogens with one attached hydrogen (secondary N) is 1. The third-order valence-electron chi connectivity index (χ3n) is 7.20. The van der Waals surface area contributed by atoms with Crippen LogP contribution in [0.2, 0.25) is 0 Å². The first-order chi connectivity index (χ1) is 13.3. The van der Waals surface area contributed by atoms with Gasteiger partial charge < -0.3 is 10.2 Å². The highest BCUT2D eigenvalue weighted by Crippen LogP contribution is 2.44. The van der Waals surface area contributed by atoms with Crippen molar-refractivity contribution in [1.82, 2.24) is 15.1 Å². The Hall–Kier alpha value is -1.81. The molecule has 0 spiro atoms. The largest absolute Gasteiger partial charge is 0.334 e. The Morgan fingerprint density at radius 1 is 1.11 bits per heavy atom. The van der Waals surface area contributed by atoms with E-state index in [4.69, 9.17) is 0 Å². The SMILES string of the molecule is O=C(NCc1ccccc1)N1CCCC2=C[C@H]3C[C@H](CN4CCCC[C@H]34)[C@@H]21. The molecular weight excluding hydrogens is 334 g/mol. The van der Waals surface area contributed by atoms with E-state index >= 15 is 0 Å². The van der Waals surface area contributed by atoms with Crippen LogP contribution in [0.5, 0.6) is 0 Å². The Labute approximate surface area is 162 Å². The Morgan fingerprint density at radius 2 is 2.00 bits per heavy atom. The molecule has 3 heterocycles. The summed E-state index contributed by atoms with van der Waals surface area (Å²) in [5, 5.41) is 3.18. The molecule has 4 nitrogen and oxygen atoms in total. The lowest BCUT2D eigenvalue weighted by atomic mass is 9.68.